The smallest absolute Gasteiger partial charge is 0.0158 e. The lowest BCUT2D eigenvalue weighted by Crippen LogP contribution is -2.26. The second-order valence-electron chi connectivity index (χ2n) is 5.54. The lowest BCUT2D eigenvalue weighted by Gasteiger charge is -2.38. The molecule has 3 rings (SSSR count). The van der Waals surface area contributed by atoms with Crippen molar-refractivity contribution in [3.8, 4) is 0 Å². The summed E-state index contributed by atoms with van der Waals surface area (Å²) in [4.78, 5) is 0. The molecule has 0 bridgehead atoms. The first-order valence-electron chi connectivity index (χ1n) is 6.96. The van der Waals surface area contributed by atoms with Gasteiger partial charge in [0.1, 0.15) is 0 Å². The van der Waals surface area contributed by atoms with Crippen LogP contribution in [0.15, 0.2) is 35.5 Å². The van der Waals surface area contributed by atoms with Gasteiger partial charge in [0.2, 0.25) is 0 Å². The summed E-state index contributed by atoms with van der Waals surface area (Å²) in [6, 6.07) is 0. The van der Waals surface area contributed by atoms with Gasteiger partial charge in [0, 0.05) is 5.41 Å². The summed E-state index contributed by atoms with van der Waals surface area (Å²) in [5, 5.41) is 0. The zero-order chi connectivity index (χ0) is 10.8. The van der Waals surface area contributed by atoms with Gasteiger partial charge in [0.15, 0.2) is 0 Å². The van der Waals surface area contributed by atoms with Gasteiger partial charge in [-0.15, -0.1) is 0 Å². The van der Waals surface area contributed by atoms with Gasteiger partial charge in [0.25, 0.3) is 0 Å². The molecule has 0 unspecified atom stereocenters. The Labute approximate surface area is 99.1 Å². The molecule has 16 heavy (non-hydrogen) atoms. The Balaban J connectivity index is 1.96. The molecule has 0 nitrogen and oxygen atoms in total. The van der Waals surface area contributed by atoms with Crippen LogP contribution >= 0.6 is 0 Å². The Kier molecular flexibility index (Phi) is 2.75. The van der Waals surface area contributed by atoms with Crippen LogP contribution in [0, 0.1) is 5.41 Å². The van der Waals surface area contributed by atoms with Crippen molar-refractivity contribution in [2.24, 2.45) is 5.41 Å². The van der Waals surface area contributed by atoms with Crippen LogP contribution in [0.2, 0.25) is 0 Å². The first-order chi connectivity index (χ1) is 7.92. The number of rotatable bonds is 2. The van der Waals surface area contributed by atoms with Crippen LogP contribution in [-0.2, 0) is 0 Å². The van der Waals surface area contributed by atoms with Crippen molar-refractivity contribution in [1.82, 2.24) is 0 Å². The van der Waals surface area contributed by atoms with Crippen LogP contribution in [0.25, 0.3) is 0 Å². The molecule has 0 N–H and O–H groups in total. The third-order valence-electron chi connectivity index (χ3n) is 4.68. The van der Waals surface area contributed by atoms with Crippen molar-refractivity contribution >= 4 is 0 Å². The highest BCUT2D eigenvalue weighted by atomic mass is 14.4. The van der Waals surface area contributed by atoms with Gasteiger partial charge in [-0.25, -0.2) is 0 Å². The quantitative estimate of drug-likeness (QED) is 0.571. The Hall–Kier alpha value is -0.780. The fourth-order valence-corrected chi connectivity index (χ4v) is 3.83. The lowest BCUT2D eigenvalue weighted by atomic mass is 9.66. The van der Waals surface area contributed by atoms with Gasteiger partial charge in [-0.05, 0) is 57.8 Å². The minimum Gasteiger partial charge on any atom is -0.0885 e. The average molecular weight is 214 g/mol. The van der Waals surface area contributed by atoms with Gasteiger partial charge in [-0.2, -0.15) is 0 Å². The van der Waals surface area contributed by atoms with Crippen molar-refractivity contribution in [3.05, 3.63) is 35.5 Å². The van der Waals surface area contributed by atoms with Crippen LogP contribution in [0.3, 0.4) is 0 Å². The van der Waals surface area contributed by atoms with E-state index >= 15 is 0 Å². The molecule has 0 saturated heterocycles. The van der Waals surface area contributed by atoms with E-state index in [1.54, 1.807) is 11.1 Å². The highest BCUT2D eigenvalue weighted by Crippen LogP contribution is 2.52. The standard InChI is InChI=1S/C16H22/c1-6-12-16(13-7-1,14-8-2-3-9-14)15-10-4-5-11-15/h1,6,8,10H,2-5,7,9,11-13H2. The summed E-state index contributed by atoms with van der Waals surface area (Å²) in [5.74, 6) is 0. The first-order valence-corrected chi connectivity index (χ1v) is 6.96. The second-order valence-corrected chi connectivity index (χ2v) is 5.54. The summed E-state index contributed by atoms with van der Waals surface area (Å²) < 4.78 is 0. The first kappa shape index (κ1) is 10.4. The highest BCUT2D eigenvalue weighted by Gasteiger charge is 2.38. The number of hydrogen-bond donors (Lipinski definition) is 0. The molecule has 0 heteroatoms. The maximum atomic E-state index is 2.55. The van der Waals surface area contributed by atoms with Crippen molar-refractivity contribution in [3.63, 3.8) is 0 Å². The number of allylic oxidation sites excluding steroid dienone is 6. The minimum atomic E-state index is 0.474. The van der Waals surface area contributed by atoms with Crippen LogP contribution in [0.4, 0.5) is 0 Å². The SMILES string of the molecule is C1=CCC(C2=CCCC2)(C2=CCCC2)CC1. The molecule has 0 saturated carbocycles. The molecule has 0 fully saturated rings. The summed E-state index contributed by atoms with van der Waals surface area (Å²) in [6.45, 7) is 0. The summed E-state index contributed by atoms with van der Waals surface area (Å²) in [5.41, 5.74) is 4.04. The van der Waals surface area contributed by atoms with E-state index in [9.17, 15) is 0 Å². The Bertz CT molecular complexity index is 330. The molecular weight excluding hydrogens is 192 g/mol. The van der Waals surface area contributed by atoms with Crippen LogP contribution in [-0.4, -0.2) is 0 Å². The molecule has 3 aliphatic rings. The second kappa shape index (κ2) is 4.24. The molecule has 0 aliphatic heterocycles. The van der Waals surface area contributed by atoms with E-state index in [-0.39, 0.29) is 0 Å². The maximum Gasteiger partial charge on any atom is 0.0158 e. The van der Waals surface area contributed by atoms with E-state index in [1.807, 2.05) is 0 Å². The molecule has 0 heterocycles. The summed E-state index contributed by atoms with van der Waals surface area (Å²) >= 11 is 0. The fraction of sp³-hybridized carbons (Fsp3) is 0.625. The molecule has 0 radical (unpaired) electrons. The average Bonchev–Trinajstić information content (AvgIpc) is 3.04. The van der Waals surface area contributed by atoms with Crippen LogP contribution < -0.4 is 0 Å². The van der Waals surface area contributed by atoms with Gasteiger partial charge < -0.3 is 0 Å². The monoisotopic (exact) mass is 214 g/mol. The Morgan fingerprint density at radius 1 is 0.812 bits per heavy atom. The topological polar surface area (TPSA) is 0 Å². The van der Waals surface area contributed by atoms with Crippen LogP contribution in [0.1, 0.15) is 57.8 Å². The van der Waals surface area contributed by atoms with E-state index in [1.165, 1.54) is 57.8 Å². The molecule has 0 aromatic heterocycles. The predicted octanol–water partition coefficient (Wildman–Crippen LogP) is 4.93. The molecule has 3 aliphatic carbocycles. The summed E-state index contributed by atoms with van der Waals surface area (Å²) in [6.07, 6.45) is 22.0. The normalized spacial score (nSPS) is 28.0. The summed E-state index contributed by atoms with van der Waals surface area (Å²) in [7, 11) is 0. The van der Waals surface area contributed by atoms with Crippen LogP contribution in [0.5, 0.6) is 0 Å². The molecular formula is C16H22. The minimum absolute atomic E-state index is 0.474. The fourth-order valence-electron chi connectivity index (χ4n) is 3.83. The van der Waals surface area contributed by atoms with Crippen molar-refractivity contribution in [1.29, 1.82) is 0 Å². The van der Waals surface area contributed by atoms with Gasteiger partial charge in [-0.1, -0.05) is 35.5 Å². The Morgan fingerprint density at radius 3 is 1.94 bits per heavy atom. The third-order valence-corrected chi connectivity index (χ3v) is 4.68. The third kappa shape index (κ3) is 1.59. The molecule has 0 aromatic carbocycles. The largest absolute Gasteiger partial charge is 0.0885 e. The molecule has 86 valence electrons. The lowest BCUT2D eigenvalue weighted by molar-refractivity contribution is 0.372. The van der Waals surface area contributed by atoms with E-state index in [0.717, 1.165) is 0 Å². The van der Waals surface area contributed by atoms with E-state index in [2.05, 4.69) is 24.3 Å². The van der Waals surface area contributed by atoms with Gasteiger partial charge >= 0.3 is 0 Å². The van der Waals surface area contributed by atoms with E-state index in [0.29, 0.717) is 5.41 Å². The Morgan fingerprint density at radius 2 is 1.50 bits per heavy atom. The van der Waals surface area contributed by atoms with Crippen molar-refractivity contribution < 1.29 is 0 Å². The van der Waals surface area contributed by atoms with Crippen molar-refractivity contribution in [2.45, 2.75) is 57.8 Å². The zero-order valence-electron chi connectivity index (χ0n) is 10.2. The predicted molar refractivity (Wildman–Crippen MR) is 69.3 cm³/mol. The van der Waals surface area contributed by atoms with E-state index in [4.69, 9.17) is 0 Å². The molecule has 0 aromatic rings. The van der Waals surface area contributed by atoms with E-state index < -0.39 is 0 Å². The molecule has 0 spiro atoms. The van der Waals surface area contributed by atoms with Gasteiger partial charge in [-0.3, -0.25) is 0 Å². The zero-order valence-corrected chi connectivity index (χ0v) is 10.2. The molecule has 0 atom stereocenters. The van der Waals surface area contributed by atoms with Crippen molar-refractivity contribution in [2.75, 3.05) is 0 Å². The van der Waals surface area contributed by atoms with Gasteiger partial charge in [0.05, 0.1) is 0 Å². The number of hydrogen-bond acceptors (Lipinski definition) is 0. The highest BCUT2D eigenvalue weighted by molar-refractivity contribution is 5.35. The maximum absolute atomic E-state index is 2.55. The molecule has 0 amide bonds.